The fourth-order valence-corrected chi connectivity index (χ4v) is 2.33. The van der Waals surface area contributed by atoms with Crippen LogP contribution in [-0.4, -0.2) is 13.1 Å². The molecule has 0 aromatic carbocycles. The van der Waals surface area contributed by atoms with Crippen LogP contribution in [0.3, 0.4) is 0 Å². The van der Waals surface area contributed by atoms with Crippen molar-refractivity contribution in [1.29, 1.82) is 0 Å². The maximum atomic E-state index is 11.8. The molecule has 0 unspecified atom stereocenters. The fraction of sp³-hybridized carbons (Fsp3) is 0.917. The summed E-state index contributed by atoms with van der Waals surface area (Å²) < 4.78 is 4.93. The molecular formula is C12H24O2. The monoisotopic (exact) mass is 200 g/mol. The molecule has 0 radical (unpaired) electrons. The Labute approximate surface area is 88.0 Å². The molecule has 0 bridgehead atoms. The molecule has 0 N–H and O–H groups in total. The second-order valence-corrected chi connectivity index (χ2v) is 4.02. The lowest BCUT2D eigenvalue weighted by Crippen LogP contribution is -2.32. The number of methoxy groups -OCH3 is 1. The first-order chi connectivity index (χ1) is 6.66. The molecule has 0 atom stereocenters. The summed E-state index contributed by atoms with van der Waals surface area (Å²) in [7, 11) is 1.50. The molecule has 0 aliphatic heterocycles. The summed E-state index contributed by atoms with van der Waals surface area (Å²) in [5, 5.41) is 0. The van der Waals surface area contributed by atoms with Crippen LogP contribution in [0.1, 0.15) is 59.3 Å². The molecule has 0 saturated carbocycles. The van der Waals surface area contributed by atoms with E-state index in [0.29, 0.717) is 0 Å². The molecule has 0 spiro atoms. The minimum Gasteiger partial charge on any atom is -0.469 e. The molecule has 0 fully saturated rings. The lowest BCUT2D eigenvalue weighted by Gasteiger charge is -2.30. The van der Waals surface area contributed by atoms with Crippen molar-refractivity contribution >= 4 is 5.97 Å². The lowest BCUT2D eigenvalue weighted by atomic mass is 9.76. The van der Waals surface area contributed by atoms with Gasteiger partial charge in [0.1, 0.15) is 0 Å². The quantitative estimate of drug-likeness (QED) is 0.587. The van der Waals surface area contributed by atoms with Crippen LogP contribution in [0.15, 0.2) is 0 Å². The highest BCUT2D eigenvalue weighted by Crippen LogP contribution is 2.36. The van der Waals surface area contributed by atoms with Crippen molar-refractivity contribution in [2.45, 2.75) is 59.3 Å². The van der Waals surface area contributed by atoms with E-state index in [1.165, 1.54) is 7.11 Å². The second-order valence-electron chi connectivity index (χ2n) is 4.02. The molecule has 2 heteroatoms. The minimum atomic E-state index is -0.201. The molecule has 0 heterocycles. The third kappa shape index (κ3) is 3.32. The SMILES string of the molecule is CCCC(CCC)(CCC)C(=O)OC. The fourth-order valence-electron chi connectivity index (χ4n) is 2.33. The van der Waals surface area contributed by atoms with Crippen LogP contribution in [0, 0.1) is 5.41 Å². The number of ether oxygens (including phenoxy) is 1. The van der Waals surface area contributed by atoms with Crippen molar-refractivity contribution in [3.05, 3.63) is 0 Å². The Hall–Kier alpha value is -0.530. The molecule has 2 nitrogen and oxygen atoms in total. The summed E-state index contributed by atoms with van der Waals surface area (Å²) in [4.78, 5) is 11.8. The van der Waals surface area contributed by atoms with Crippen LogP contribution in [0.25, 0.3) is 0 Å². The van der Waals surface area contributed by atoms with Gasteiger partial charge < -0.3 is 4.74 Å². The Kier molecular flexibility index (Phi) is 6.60. The summed E-state index contributed by atoms with van der Waals surface area (Å²) >= 11 is 0. The number of esters is 1. The second kappa shape index (κ2) is 6.86. The average Bonchev–Trinajstić information content (AvgIpc) is 2.17. The minimum absolute atomic E-state index is 0.0111. The number of carbonyl (C=O) groups is 1. The Morgan fingerprint density at radius 2 is 1.36 bits per heavy atom. The number of hydrogen-bond acceptors (Lipinski definition) is 2. The van der Waals surface area contributed by atoms with E-state index in [-0.39, 0.29) is 11.4 Å². The molecule has 84 valence electrons. The Balaban J connectivity index is 4.62. The van der Waals surface area contributed by atoms with Gasteiger partial charge in [-0.3, -0.25) is 4.79 Å². The van der Waals surface area contributed by atoms with E-state index >= 15 is 0 Å². The van der Waals surface area contributed by atoms with Gasteiger partial charge in [0, 0.05) is 0 Å². The van der Waals surface area contributed by atoms with Gasteiger partial charge in [-0.15, -0.1) is 0 Å². The van der Waals surface area contributed by atoms with E-state index in [0.717, 1.165) is 38.5 Å². The highest BCUT2D eigenvalue weighted by atomic mass is 16.5. The van der Waals surface area contributed by atoms with Gasteiger partial charge in [-0.1, -0.05) is 40.0 Å². The third-order valence-corrected chi connectivity index (χ3v) is 2.80. The first-order valence-electron chi connectivity index (χ1n) is 5.75. The zero-order valence-corrected chi connectivity index (χ0v) is 10.1. The lowest BCUT2D eigenvalue weighted by molar-refractivity contribution is -0.154. The Bertz CT molecular complexity index is 147. The number of hydrogen-bond donors (Lipinski definition) is 0. The normalized spacial score (nSPS) is 11.4. The van der Waals surface area contributed by atoms with Crippen LogP contribution in [0.4, 0.5) is 0 Å². The van der Waals surface area contributed by atoms with Crippen LogP contribution >= 0.6 is 0 Å². The Morgan fingerprint density at radius 1 is 1.00 bits per heavy atom. The van der Waals surface area contributed by atoms with E-state index in [1.807, 2.05) is 0 Å². The van der Waals surface area contributed by atoms with Crippen LogP contribution < -0.4 is 0 Å². The Morgan fingerprint density at radius 3 is 1.57 bits per heavy atom. The van der Waals surface area contributed by atoms with Crippen molar-refractivity contribution in [2.75, 3.05) is 7.11 Å². The zero-order valence-electron chi connectivity index (χ0n) is 10.1. The van der Waals surface area contributed by atoms with E-state index in [4.69, 9.17) is 4.74 Å². The molecular weight excluding hydrogens is 176 g/mol. The van der Waals surface area contributed by atoms with E-state index in [1.54, 1.807) is 0 Å². The van der Waals surface area contributed by atoms with Gasteiger partial charge in [0.25, 0.3) is 0 Å². The smallest absolute Gasteiger partial charge is 0.311 e. The molecule has 0 saturated heterocycles. The largest absolute Gasteiger partial charge is 0.469 e. The van der Waals surface area contributed by atoms with Crippen LogP contribution in [-0.2, 0) is 9.53 Å². The zero-order chi connectivity index (χ0) is 11.0. The maximum absolute atomic E-state index is 11.8. The van der Waals surface area contributed by atoms with Gasteiger partial charge in [-0.25, -0.2) is 0 Å². The highest BCUT2D eigenvalue weighted by Gasteiger charge is 2.36. The molecule has 0 aromatic rings. The summed E-state index contributed by atoms with van der Waals surface area (Å²) in [5.74, 6) is -0.0111. The van der Waals surface area contributed by atoms with Crippen molar-refractivity contribution < 1.29 is 9.53 Å². The number of rotatable bonds is 7. The van der Waals surface area contributed by atoms with Gasteiger partial charge in [0.05, 0.1) is 12.5 Å². The van der Waals surface area contributed by atoms with Gasteiger partial charge in [-0.05, 0) is 19.3 Å². The summed E-state index contributed by atoms with van der Waals surface area (Å²) in [6, 6.07) is 0. The molecule has 0 rings (SSSR count). The van der Waals surface area contributed by atoms with Gasteiger partial charge in [0.15, 0.2) is 0 Å². The molecule has 0 amide bonds. The summed E-state index contributed by atoms with van der Waals surface area (Å²) in [6.07, 6.45) is 6.03. The van der Waals surface area contributed by atoms with Crippen molar-refractivity contribution in [3.63, 3.8) is 0 Å². The summed E-state index contributed by atoms with van der Waals surface area (Å²) in [5.41, 5.74) is -0.201. The highest BCUT2D eigenvalue weighted by molar-refractivity contribution is 5.76. The molecule has 0 aliphatic rings. The maximum Gasteiger partial charge on any atom is 0.311 e. The van der Waals surface area contributed by atoms with Gasteiger partial charge in [-0.2, -0.15) is 0 Å². The van der Waals surface area contributed by atoms with E-state index in [2.05, 4.69) is 20.8 Å². The van der Waals surface area contributed by atoms with Crippen LogP contribution in [0.5, 0.6) is 0 Å². The molecule has 0 aliphatic carbocycles. The molecule has 14 heavy (non-hydrogen) atoms. The van der Waals surface area contributed by atoms with Crippen molar-refractivity contribution in [2.24, 2.45) is 5.41 Å². The van der Waals surface area contributed by atoms with E-state index in [9.17, 15) is 4.79 Å². The topological polar surface area (TPSA) is 26.3 Å². The standard InChI is InChI=1S/C12H24O2/c1-5-8-12(9-6-2,10-7-3)11(13)14-4/h5-10H2,1-4H3. The van der Waals surface area contributed by atoms with Crippen LogP contribution in [0.2, 0.25) is 0 Å². The first kappa shape index (κ1) is 13.5. The van der Waals surface area contributed by atoms with Gasteiger partial charge in [0.2, 0.25) is 0 Å². The first-order valence-corrected chi connectivity index (χ1v) is 5.75. The predicted molar refractivity (Wildman–Crippen MR) is 59.2 cm³/mol. The van der Waals surface area contributed by atoms with Crippen molar-refractivity contribution in [1.82, 2.24) is 0 Å². The average molecular weight is 200 g/mol. The summed E-state index contributed by atoms with van der Waals surface area (Å²) in [6.45, 7) is 6.38. The predicted octanol–water partition coefficient (Wildman–Crippen LogP) is 3.55. The van der Waals surface area contributed by atoms with E-state index < -0.39 is 0 Å². The van der Waals surface area contributed by atoms with Gasteiger partial charge >= 0.3 is 5.97 Å². The number of carbonyl (C=O) groups excluding carboxylic acids is 1. The van der Waals surface area contributed by atoms with Crippen molar-refractivity contribution in [3.8, 4) is 0 Å². The third-order valence-electron chi connectivity index (χ3n) is 2.80. The molecule has 0 aromatic heterocycles.